The van der Waals surface area contributed by atoms with Gasteiger partial charge in [-0.1, -0.05) is 0 Å². The van der Waals surface area contributed by atoms with Crippen LogP contribution in [-0.4, -0.2) is 46.5 Å². The summed E-state index contributed by atoms with van der Waals surface area (Å²) in [6.45, 7) is 7.02. The number of halogens is 1. The Morgan fingerprint density at radius 3 is 2.19 bits per heavy atom. The minimum Gasteiger partial charge on any atom is -0.444 e. The second kappa shape index (κ2) is 6.53. The Hall–Kier alpha value is -0.970. The number of likely N-dealkylation sites (tertiary alicyclic amines) is 1. The molecule has 4 saturated carbocycles. The van der Waals surface area contributed by atoms with Crippen molar-refractivity contribution in [2.24, 2.45) is 17.3 Å². The highest BCUT2D eigenvalue weighted by Gasteiger charge is 2.60. The molecular formula is C21H33ClN2O3. The van der Waals surface area contributed by atoms with Gasteiger partial charge in [0.2, 0.25) is 5.91 Å². The van der Waals surface area contributed by atoms with Gasteiger partial charge in [0.1, 0.15) is 5.60 Å². The maximum Gasteiger partial charge on any atom is 0.407 e. The fourth-order valence-electron chi connectivity index (χ4n) is 6.44. The molecule has 0 aromatic heterocycles. The maximum atomic E-state index is 13.5. The summed E-state index contributed by atoms with van der Waals surface area (Å²) in [6, 6.07) is 0.0830. The Morgan fingerprint density at radius 1 is 1.07 bits per heavy atom. The van der Waals surface area contributed by atoms with E-state index in [-0.39, 0.29) is 22.4 Å². The zero-order valence-corrected chi connectivity index (χ0v) is 17.6. The third-order valence-corrected chi connectivity index (χ3v) is 7.39. The molecule has 5 rings (SSSR count). The number of hydrogen-bond acceptors (Lipinski definition) is 3. The van der Waals surface area contributed by atoms with E-state index < -0.39 is 5.60 Å². The molecule has 4 bridgehead atoms. The normalized spacial score (nSPS) is 38.7. The molecule has 2 atom stereocenters. The lowest BCUT2D eigenvalue weighted by Crippen LogP contribution is -2.60. The summed E-state index contributed by atoms with van der Waals surface area (Å²) >= 11 is 6.90. The molecule has 0 spiro atoms. The molecule has 0 aromatic rings. The summed E-state index contributed by atoms with van der Waals surface area (Å²) in [4.78, 5) is 27.4. The van der Waals surface area contributed by atoms with Gasteiger partial charge in [-0.2, -0.15) is 0 Å². The minimum atomic E-state index is -0.489. The van der Waals surface area contributed by atoms with Crippen LogP contribution in [0.3, 0.4) is 0 Å². The summed E-state index contributed by atoms with van der Waals surface area (Å²) in [5.74, 6) is 1.61. The van der Waals surface area contributed by atoms with E-state index in [9.17, 15) is 9.59 Å². The predicted molar refractivity (Wildman–Crippen MR) is 105 cm³/mol. The van der Waals surface area contributed by atoms with Crippen molar-refractivity contribution in [1.29, 1.82) is 0 Å². The molecule has 0 radical (unpaired) electrons. The average molecular weight is 397 g/mol. The Kier molecular flexibility index (Phi) is 4.68. The van der Waals surface area contributed by atoms with E-state index in [0.717, 1.165) is 44.9 Å². The van der Waals surface area contributed by atoms with Crippen LogP contribution in [0.2, 0.25) is 0 Å². The van der Waals surface area contributed by atoms with Gasteiger partial charge in [-0.15, -0.1) is 11.6 Å². The molecule has 1 N–H and O–H groups in total. The van der Waals surface area contributed by atoms with Crippen LogP contribution in [0, 0.1) is 17.3 Å². The average Bonchev–Trinajstić information content (AvgIpc) is 2.50. The smallest absolute Gasteiger partial charge is 0.407 e. The topological polar surface area (TPSA) is 58.6 Å². The maximum absolute atomic E-state index is 13.5. The summed E-state index contributed by atoms with van der Waals surface area (Å²) in [5, 5.41) is 2.96. The largest absolute Gasteiger partial charge is 0.444 e. The van der Waals surface area contributed by atoms with Crippen molar-refractivity contribution >= 4 is 23.6 Å². The third-order valence-electron chi connectivity index (χ3n) is 6.95. The number of amides is 2. The lowest BCUT2D eigenvalue weighted by atomic mass is 9.49. The number of carbonyl (C=O) groups excluding carboxylic acids is 2. The quantitative estimate of drug-likeness (QED) is 0.715. The van der Waals surface area contributed by atoms with Gasteiger partial charge in [-0.3, -0.25) is 4.79 Å². The number of rotatable bonds is 2. The first-order chi connectivity index (χ1) is 12.6. The predicted octanol–water partition coefficient (Wildman–Crippen LogP) is 4.08. The van der Waals surface area contributed by atoms with Gasteiger partial charge >= 0.3 is 6.09 Å². The standard InChI is InChI=1S/C21H33ClN2O3/c1-19(2,3)27-18(26)23-16-4-6-24(7-5-16)17(25)20-9-14-8-15(10-20)12-21(22,11-14)13-20/h14-16H,4-13H2,1-3H3,(H,23,26)/t14-,15-,20?,21?/m1/s1. The fraction of sp³-hybridized carbons (Fsp3) is 0.905. The van der Waals surface area contributed by atoms with Crippen LogP contribution in [0.15, 0.2) is 0 Å². The fourth-order valence-corrected chi connectivity index (χ4v) is 7.13. The Morgan fingerprint density at radius 2 is 1.67 bits per heavy atom. The van der Waals surface area contributed by atoms with Crippen molar-refractivity contribution in [3.05, 3.63) is 0 Å². The molecule has 1 heterocycles. The lowest BCUT2D eigenvalue weighted by molar-refractivity contribution is -0.157. The second-order valence-electron chi connectivity index (χ2n) is 10.6. The van der Waals surface area contributed by atoms with Crippen LogP contribution in [0.1, 0.15) is 72.1 Å². The number of hydrogen-bond donors (Lipinski definition) is 1. The summed E-state index contributed by atoms with van der Waals surface area (Å²) in [6.07, 6.45) is 7.62. The van der Waals surface area contributed by atoms with Crippen LogP contribution in [0.4, 0.5) is 4.79 Å². The first-order valence-electron chi connectivity index (χ1n) is 10.5. The van der Waals surface area contributed by atoms with Crippen LogP contribution in [0.5, 0.6) is 0 Å². The number of carbonyl (C=O) groups is 2. The molecule has 1 aliphatic heterocycles. The van der Waals surface area contributed by atoms with Gasteiger partial charge in [-0.05, 0) is 84.0 Å². The zero-order chi connectivity index (χ0) is 19.4. The number of nitrogens with one attached hydrogen (secondary N) is 1. The molecular weight excluding hydrogens is 364 g/mol. The molecule has 1 saturated heterocycles. The van der Waals surface area contributed by atoms with Gasteiger partial charge in [-0.25, -0.2) is 4.79 Å². The van der Waals surface area contributed by atoms with E-state index >= 15 is 0 Å². The molecule has 2 amide bonds. The number of ether oxygens (including phenoxy) is 1. The van der Waals surface area contributed by atoms with Crippen molar-refractivity contribution in [2.45, 2.75) is 88.7 Å². The molecule has 0 unspecified atom stereocenters. The molecule has 6 heteroatoms. The first kappa shape index (κ1) is 19.4. The van der Waals surface area contributed by atoms with Gasteiger partial charge < -0.3 is 15.0 Å². The Balaban J connectivity index is 1.34. The van der Waals surface area contributed by atoms with Crippen LogP contribution in [-0.2, 0) is 9.53 Å². The summed E-state index contributed by atoms with van der Waals surface area (Å²) < 4.78 is 5.35. The monoisotopic (exact) mass is 396 g/mol. The molecule has 5 aliphatic rings. The first-order valence-corrected chi connectivity index (χ1v) is 10.9. The second-order valence-corrected chi connectivity index (χ2v) is 11.4. The van der Waals surface area contributed by atoms with E-state index in [2.05, 4.69) is 5.32 Å². The number of nitrogens with zero attached hydrogens (tertiary/aromatic N) is 1. The highest BCUT2D eigenvalue weighted by Crippen LogP contribution is 2.64. The van der Waals surface area contributed by atoms with Crippen molar-refractivity contribution < 1.29 is 14.3 Å². The van der Waals surface area contributed by atoms with Gasteiger partial charge in [0.15, 0.2) is 0 Å². The van der Waals surface area contributed by atoms with Crippen molar-refractivity contribution in [3.8, 4) is 0 Å². The molecule has 0 aromatic carbocycles. The van der Waals surface area contributed by atoms with E-state index in [0.29, 0.717) is 30.8 Å². The van der Waals surface area contributed by atoms with Gasteiger partial charge in [0, 0.05) is 24.0 Å². The van der Waals surface area contributed by atoms with Crippen LogP contribution in [0.25, 0.3) is 0 Å². The van der Waals surface area contributed by atoms with Crippen molar-refractivity contribution in [2.75, 3.05) is 13.1 Å². The van der Waals surface area contributed by atoms with E-state index in [4.69, 9.17) is 16.3 Å². The molecule has 27 heavy (non-hydrogen) atoms. The van der Waals surface area contributed by atoms with Gasteiger partial charge in [0.05, 0.1) is 5.41 Å². The Labute approximate surface area is 167 Å². The summed E-state index contributed by atoms with van der Waals surface area (Å²) in [5.41, 5.74) is -0.700. The molecule has 4 aliphatic carbocycles. The zero-order valence-electron chi connectivity index (χ0n) is 16.9. The van der Waals surface area contributed by atoms with Crippen molar-refractivity contribution in [1.82, 2.24) is 10.2 Å². The van der Waals surface area contributed by atoms with Crippen LogP contribution < -0.4 is 5.32 Å². The minimum absolute atomic E-state index is 0.0830. The number of piperidine rings is 1. The van der Waals surface area contributed by atoms with Crippen molar-refractivity contribution in [3.63, 3.8) is 0 Å². The van der Waals surface area contributed by atoms with E-state index in [1.165, 1.54) is 6.42 Å². The van der Waals surface area contributed by atoms with E-state index in [1.807, 2.05) is 25.7 Å². The SMILES string of the molecule is CC(C)(C)OC(=O)NC1CCN(C(=O)C23C[C@H]4C[C@@H](CC(Cl)(C4)C2)C3)CC1. The van der Waals surface area contributed by atoms with Gasteiger partial charge in [0.25, 0.3) is 0 Å². The molecule has 152 valence electrons. The lowest BCUT2D eigenvalue weighted by Gasteiger charge is -2.60. The van der Waals surface area contributed by atoms with Crippen LogP contribution >= 0.6 is 11.6 Å². The Bertz CT molecular complexity index is 607. The molecule has 5 nitrogen and oxygen atoms in total. The van der Waals surface area contributed by atoms with E-state index in [1.54, 1.807) is 0 Å². The number of alkyl halides is 1. The molecule has 5 fully saturated rings. The third kappa shape index (κ3) is 3.94. The highest BCUT2D eigenvalue weighted by molar-refractivity contribution is 6.24. The number of alkyl carbamates (subject to hydrolysis) is 1. The summed E-state index contributed by atoms with van der Waals surface area (Å²) in [7, 11) is 0. The highest BCUT2D eigenvalue weighted by atomic mass is 35.5.